The molecular weight excluding hydrogens is 372 g/mol. The summed E-state index contributed by atoms with van der Waals surface area (Å²) < 4.78 is 5.80. The third-order valence-electron chi connectivity index (χ3n) is 4.38. The number of ketones is 1. The number of carbonyl (C=O) groups is 2. The maximum Gasteiger partial charge on any atom is 0.269 e. The molecule has 27 heavy (non-hydrogen) atoms. The summed E-state index contributed by atoms with van der Waals surface area (Å²) in [6, 6.07) is 6.01. The molecule has 0 saturated heterocycles. The number of hydrogen-bond acceptors (Lipinski definition) is 7. The summed E-state index contributed by atoms with van der Waals surface area (Å²) in [6.45, 7) is 4.82. The van der Waals surface area contributed by atoms with Gasteiger partial charge < -0.3 is 15.2 Å². The van der Waals surface area contributed by atoms with Gasteiger partial charge in [0.2, 0.25) is 0 Å². The molecule has 2 aromatic rings. The fourth-order valence-electron chi connectivity index (χ4n) is 2.85. The van der Waals surface area contributed by atoms with Crippen LogP contribution in [0.3, 0.4) is 0 Å². The van der Waals surface area contributed by atoms with Crippen molar-refractivity contribution in [2.75, 3.05) is 0 Å². The second-order valence-electron chi connectivity index (χ2n) is 6.80. The van der Waals surface area contributed by atoms with Crippen LogP contribution in [0.5, 0.6) is 5.75 Å². The van der Waals surface area contributed by atoms with Crippen molar-refractivity contribution in [3.63, 3.8) is 0 Å². The lowest BCUT2D eigenvalue weighted by Gasteiger charge is -2.40. The van der Waals surface area contributed by atoms with Crippen LogP contribution >= 0.6 is 11.3 Å². The minimum Gasteiger partial charge on any atom is -0.484 e. The number of aliphatic hydroxyl groups excluding tert-OH is 1. The van der Waals surface area contributed by atoms with Crippen molar-refractivity contribution >= 4 is 28.7 Å². The van der Waals surface area contributed by atoms with Crippen molar-refractivity contribution in [1.29, 1.82) is 0 Å². The van der Waals surface area contributed by atoms with Gasteiger partial charge in [-0.1, -0.05) is 0 Å². The van der Waals surface area contributed by atoms with E-state index in [2.05, 4.69) is 5.32 Å². The van der Waals surface area contributed by atoms with Gasteiger partial charge in [0.1, 0.15) is 17.5 Å². The lowest BCUT2D eigenvalue weighted by Crippen LogP contribution is -2.53. The second-order valence-corrected chi connectivity index (χ2v) is 7.88. The van der Waals surface area contributed by atoms with E-state index in [4.69, 9.17) is 4.74 Å². The Morgan fingerprint density at radius 3 is 2.48 bits per heavy atom. The standard InChI is InChI=1S/C18H18N2O6S/c1-9(21)13-8-12-15(27-13)14(16(22)18(2,3)26-12)19-17(23)10-4-6-11(7-5-10)20(24)25/h4-8,14,16,22H,1-3H3,(H,19,23)/t14-,16+/m1/s1. The van der Waals surface area contributed by atoms with Crippen LogP contribution in [0.25, 0.3) is 0 Å². The van der Waals surface area contributed by atoms with E-state index in [0.717, 1.165) is 11.3 Å². The third kappa shape index (κ3) is 3.56. The molecule has 3 rings (SSSR count). The van der Waals surface area contributed by atoms with Gasteiger partial charge in [-0.2, -0.15) is 0 Å². The predicted molar refractivity (Wildman–Crippen MR) is 98.3 cm³/mol. The average molecular weight is 390 g/mol. The first-order valence-corrected chi connectivity index (χ1v) is 8.99. The summed E-state index contributed by atoms with van der Waals surface area (Å²) in [7, 11) is 0. The normalized spacial score (nSPS) is 20.3. The number of hydrogen-bond donors (Lipinski definition) is 2. The number of fused-ring (bicyclic) bond motifs is 1. The lowest BCUT2D eigenvalue weighted by atomic mass is 9.90. The SMILES string of the molecule is CC(=O)c1cc2c(s1)[C@@H](NC(=O)c1ccc([N+](=O)[O-])cc1)[C@H](O)C(C)(C)O2. The topological polar surface area (TPSA) is 119 Å². The van der Waals surface area contributed by atoms with Crippen LogP contribution in [0.2, 0.25) is 0 Å². The van der Waals surface area contributed by atoms with Crippen molar-refractivity contribution in [1.82, 2.24) is 5.32 Å². The largest absolute Gasteiger partial charge is 0.484 e. The van der Waals surface area contributed by atoms with Gasteiger partial charge in [0, 0.05) is 23.8 Å². The van der Waals surface area contributed by atoms with Crippen LogP contribution < -0.4 is 10.1 Å². The summed E-state index contributed by atoms with van der Waals surface area (Å²) in [4.78, 5) is 35.5. The zero-order valence-electron chi connectivity index (χ0n) is 14.9. The monoisotopic (exact) mass is 390 g/mol. The molecule has 0 radical (unpaired) electrons. The molecule has 2 N–H and O–H groups in total. The summed E-state index contributed by atoms with van der Waals surface area (Å²) >= 11 is 1.16. The number of nitrogens with one attached hydrogen (secondary N) is 1. The minimum atomic E-state index is -1.05. The number of aliphatic hydroxyl groups is 1. The zero-order valence-corrected chi connectivity index (χ0v) is 15.7. The Morgan fingerprint density at radius 2 is 1.93 bits per heavy atom. The smallest absolute Gasteiger partial charge is 0.269 e. The molecule has 0 fully saturated rings. The number of rotatable bonds is 4. The zero-order chi connectivity index (χ0) is 19.9. The van der Waals surface area contributed by atoms with E-state index in [1.165, 1.54) is 31.2 Å². The van der Waals surface area contributed by atoms with Gasteiger partial charge in [-0.25, -0.2) is 0 Å². The molecule has 0 aliphatic carbocycles. The van der Waals surface area contributed by atoms with Crippen LogP contribution in [0.4, 0.5) is 5.69 Å². The number of ether oxygens (including phenoxy) is 1. The van der Waals surface area contributed by atoms with Gasteiger partial charge >= 0.3 is 0 Å². The van der Waals surface area contributed by atoms with E-state index in [-0.39, 0.29) is 17.0 Å². The fraction of sp³-hybridized carbons (Fsp3) is 0.333. The number of benzene rings is 1. The first-order chi connectivity index (χ1) is 12.6. The van der Waals surface area contributed by atoms with E-state index >= 15 is 0 Å². The molecule has 1 aliphatic heterocycles. The number of Topliss-reactive ketones (excluding diaryl/α,β-unsaturated/α-hetero) is 1. The van der Waals surface area contributed by atoms with Gasteiger partial charge in [-0.15, -0.1) is 11.3 Å². The van der Waals surface area contributed by atoms with Gasteiger partial charge in [-0.3, -0.25) is 19.7 Å². The number of non-ortho nitro benzene ring substituents is 1. The minimum absolute atomic E-state index is 0.120. The van der Waals surface area contributed by atoms with E-state index in [0.29, 0.717) is 15.5 Å². The number of amides is 1. The molecule has 1 aromatic carbocycles. The van der Waals surface area contributed by atoms with Gasteiger partial charge in [0.15, 0.2) is 5.78 Å². The lowest BCUT2D eigenvalue weighted by molar-refractivity contribution is -0.384. The van der Waals surface area contributed by atoms with E-state index in [1.807, 2.05) is 0 Å². The molecule has 2 atom stereocenters. The highest BCUT2D eigenvalue weighted by atomic mass is 32.1. The first-order valence-electron chi connectivity index (χ1n) is 8.17. The molecular formula is C18H18N2O6S. The molecule has 9 heteroatoms. The van der Waals surface area contributed by atoms with Crippen LogP contribution in [0.15, 0.2) is 30.3 Å². The number of carbonyl (C=O) groups excluding carboxylic acids is 2. The molecule has 1 aromatic heterocycles. The van der Waals surface area contributed by atoms with Crippen LogP contribution in [0.1, 0.15) is 51.7 Å². The molecule has 1 aliphatic rings. The van der Waals surface area contributed by atoms with E-state index in [1.54, 1.807) is 19.9 Å². The summed E-state index contributed by atoms with van der Waals surface area (Å²) in [5.41, 5.74) is -0.873. The molecule has 1 amide bonds. The third-order valence-corrected chi connectivity index (χ3v) is 5.68. The highest BCUT2D eigenvalue weighted by Gasteiger charge is 2.45. The quantitative estimate of drug-likeness (QED) is 0.471. The summed E-state index contributed by atoms with van der Waals surface area (Å²) in [6.07, 6.45) is -1.05. The molecule has 0 unspecified atom stereocenters. The molecule has 8 nitrogen and oxygen atoms in total. The highest BCUT2D eigenvalue weighted by Crippen LogP contribution is 2.45. The van der Waals surface area contributed by atoms with E-state index in [9.17, 15) is 24.8 Å². The molecule has 0 saturated carbocycles. The predicted octanol–water partition coefficient (Wildman–Crippen LogP) is 2.86. The average Bonchev–Trinajstić information content (AvgIpc) is 3.02. The number of nitrogens with zero attached hydrogens (tertiary/aromatic N) is 1. The molecule has 0 bridgehead atoms. The number of nitro groups is 1. The molecule has 142 valence electrons. The van der Waals surface area contributed by atoms with Gasteiger partial charge in [0.05, 0.1) is 20.7 Å². The Balaban J connectivity index is 1.91. The highest BCUT2D eigenvalue weighted by molar-refractivity contribution is 7.14. The number of thiophene rings is 1. The Kier molecular flexibility index (Phi) is 4.75. The van der Waals surface area contributed by atoms with Crippen molar-refractivity contribution in [2.45, 2.75) is 38.5 Å². The first kappa shape index (κ1) is 19.0. The Morgan fingerprint density at radius 1 is 1.30 bits per heavy atom. The molecule has 2 heterocycles. The van der Waals surface area contributed by atoms with Crippen LogP contribution in [-0.4, -0.2) is 33.4 Å². The van der Waals surface area contributed by atoms with E-state index < -0.39 is 28.6 Å². The Bertz CT molecular complexity index is 918. The summed E-state index contributed by atoms with van der Waals surface area (Å²) in [5.74, 6) is -0.171. The summed E-state index contributed by atoms with van der Waals surface area (Å²) in [5, 5.41) is 24.2. The van der Waals surface area contributed by atoms with Gasteiger partial charge in [-0.05, 0) is 32.9 Å². The second kappa shape index (κ2) is 6.75. The maximum atomic E-state index is 12.6. The maximum absolute atomic E-state index is 12.6. The Hall–Kier alpha value is -2.78. The van der Waals surface area contributed by atoms with Crippen molar-refractivity contribution < 1.29 is 24.4 Å². The van der Waals surface area contributed by atoms with Crippen molar-refractivity contribution in [3.8, 4) is 5.75 Å². The molecule has 0 spiro atoms. The Labute approximate surface area is 158 Å². The van der Waals surface area contributed by atoms with Crippen LogP contribution in [-0.2, 0) is 0 Å². The van der Waals surface area contributed by atoms with Crippen molar-refractivity contribution in [2.24, 2.45) is 0 Å². The van der Waals surface area contributed by atoms with Crippen molar-refractivity contribution in [3.05, 3.63) is 55.8 Å². The van der Waals surface area contributed by atoms with Crippen LogP contribution in [0, 0.1) is 10.1 Å². The number of nitro benzene ring substituents is 1. The fourth-order valence-corrected chi connectivity index (χ4v) is 3.91. The van der Waals surface area contributed by atoms with Gasteiger partial charge in [0.25, 0.3) is 11.6 Å².